The molecule has 0 aliphatic carbocycles. The lowest BCUT2D eigenvalue weighted by molar-refractivity contribution is 0.0253. The van der Waals surface area contributed by atoms with E-state index in [0.29, 0.717) is 32.0 Å². The Morgan fingerprint density at radius 3 is 2.33 bits per heavy atom. The average molecular weight is 317 g/mol. The molecule has 0 radical (unpaired) electrons. The molecule has 5 heteroatoms. The van der Waals surface area contributed by atoms with Crippen LogP contribution in [-0.4, -0.2) is 45.9 Å². The highest BCUT2D eigenvalue weighted by molar-refractivity contribution is 9.10. The van der Waals surface area contributed by atoms with Crippen molar-refractivity contribution in [2.45, 2.75) is 0 Å². The number of carbonyl (C=O) groups excluding carboxylic acids is 1. The lowest BCUT2D eigenvalue weighted by atomic mass is 10.1. The Balaban J connectivity index is 2.12. The topological polar surface area (TPSA) is 44.8 Å². The number of hydrogen-bond donors (Lipinski definition) is 0. The number of ether oxygens (including phenoxy) is 3. The van der Waals surface area contributed by atoms with E-state index in [4.69, 9.17) is 14.2 Å². The van der Waals surface area contributed by atoms with Gasteiger partial charge in [0.25, 0.3) is 0 Å². The number of methoxy groups -OCH3 is 1. The van der Waals surface area contributed by atoms with Crippen LogP contribution in [0, 0.1) is 0 Å². The van der Waals surface area contributed by atoms with Crippen LogP contribution in [0.3, 0.4) is 0 Å². The van der Waals surface area contributed by atoms with Crippen molar-refractivity contribution in [2.24, 2.45) is 0 Å². The molecule has 0 aliphatic rings. The number of halogens is 1. The van der Waals surface area contributed by atoms with Crippen LogP contribution in [0.4, 0.5) is 0 Å². The largest absolute Gasteiger partial charge is 0.382 e. The Hall–Kier alpha value is -0.750. The molecule has 1 aromatic rings. The summed E-state index contributed by atoms with van der Waals surface area (Å²) in [5.74, 6) is -0.0283. The SMILES string of the molecule is COCCOCCOCC(=O)c1ccc(Br)cc1. The quantitative estimate of drug-likeness (QED) is 0.518. The highest BCUT2D eigenvalue weighted by Gasteiger charge is 2.05. The van der Waals surface area contributed by atoms with Crippen molar-refractivity contribution in [1.82, 2.24) is 0 Å². The van der Waals surface area contributed by atoms with E-state index in [0.717, 1.165) is 4.47 Å². The Kier molecular flexibility index (Phi) is 7.84. The third-order valence-electron chi connectivity index (χ3n) is 2.20. The maximum absolute atomic E-state index is 11.7. The second kappa shape index (κ2) is 9.22. The zero-order chi connectivity index (χ0) is 13.2. The Morgan fingerprint density at radius 2 is 1.67 bits per heavy atom. The number of benzene rings is 1. The first-order valence-electron chi connectivity index (χ1n) is 5.67. The second-order valence-electron chi connectivity index (χ2n) is 3.59. The summed E-state index contributed by atoms with van der Waals surface area (Å²) in [7, 11) is 1.62. The molecule has 0 atom stereocenters. The first-order valence-corrected chi connectivity index (χ1v) is 6.46. The van der Waals surface area contributed by atoms with E-state index in [2.05, 4.69) is 15.9 Å². The van der Waals surface area contributed by atoms with Gasteiger partial charge in [0.15, 0.2) is 5.78 Å². The van der Waals surface area contributed by atoms with Gasteiger partial charge in [0.05, 0.1) is 26.4 Å². The van der Waals surface area contributed by atoms with E-state index in [1.807, 2.05) is 12.1 Å². The van der Waals surface area contributed by atoms with Crippen LogP contribution >= 0.6 is 15.9 Å². The monoisotopic (exact) mass is 316 g/mol. The van der Waals surface area contributed by atoms with Crippen LogP contribution in [0.25, 0.3) is 0 Å². The molecule has 0 aliphatic heterocycles. The van der Waals surface area contributed by atoms with Gasteiger partial charge in [0.2, 0.25) is 0 Å². The van der Waals surface area contributed by atoms with Crippen LogP contribution < -0.4 is 0 Å². The number of carbonyl (C=O) groups is 1. The lowest BCUT2D eigenvalue weighted by Crippen LogP contribution is -2.13. The molecule has 0 fully saturated rings. The summed E-state index contributed by atoms with van der Waals surface area (Å²) in [6, 6.07) is 7.21. The summed E-state index contributed by atoms with van der Waals surface area (Å²) in [4.78, 5) is 11.7. The van der Waals surface area contributed by atoms with E-state index < -0.39 is 0 Å². The van der Waals surface area contributed by atoms with E-state index in [1.54, 1.807) is 19.2 Å². The molecule has 0 spiro atoms. The van der Waals surface area contributed by atoms with Crippen LogP contribution in [0.5, 0.6) is 0 Å². The van der Waals surface area contributed by atoms with Crippen LogP contribution in [0.1, 0.15) is 10.4 Å². The molecule has 0 saturated carbocycles. The summed E-state index contributed by atoms with van der Waals surface area (Å²) >= 11 is 3.32. The predicted octanol–water partition coefficient (Wildman–Crippen LogP) is 2.31. The molecule has 100 valence electrons. The molecule has 0 N–H and O–H groups in total. The highest BCUT2D eigenvalue weighted by Crippen LogP contribution is 2.10. The summed E-state index contributed by atoms with van der Waals surface area (Å²) < 4.78 is 16.2. The minimum atomic E-state index is -0.0283. The fourth-order valence-corrected chi connectivity index (χ4v) is 1.51. The van der Waals surface area contributed by atoms with Gasteiger partial charge in [0, 0.05) is 17.1 Å². The normalized spacial score (nSPS) is 10.6. The molecule has 0 saturated heterocycles. The third-order valence-corrected chi connectivity index (χ3v) is 2.73. The Labute approximate surface area is 115 Å². The predicted molar refractivity (Wildman–Crippen MR) is 72.0 cm³/mol. The molecule has 18 heavy (non-hydrogen) atoms. The number of ketones is 1. The molecule has 0 unspecified atom stereocenters. The molecule has 1 rings (SSSR count). The zero-order valence-corrected chi connectivity index (χ0v) is 11.9. The summed E-state index contributed by atoms with van der Waals surface area (Å²) in [5, 5.41) is 0. The molecule has 4 nitrogen and oxygen atoms in total. The van der Waals surface area contributed by atoms with Gasteiger partial charge in [-0.15, -0.1) is 0 Å². The van der Waals surface area contributed by atoms with Crippen LogP contribution in [-0.2, 0) is 14.2 Å². The van der Waals surface area contributed by atoms with Crippen molar-refractivity contribution in [2.75, 3.05) is 40.1 Å². The smallest absolute Gasteiger partial charge is 0.188 e. The maximum atomic E-state index is 11.7. The molecule has 0 aromatic heterocycles. The van der Waals surface area contributed by atoms with Gasteiger partial charge in [-0.05, 0) is 12.1 Å². The van der Waals surface area contributed by atoms with Gasteiger partial charge < -0.3 is 14.2 Å². The van der Waals surface area contributed by atoms with E-state index in [-0.39, 0.29) is 12.4 Å². The van der Waals surface area contributed by atoms with Gasteiger partial charge in [0.1, 0.15) is 6.61 Å². The molecule has 0 amide bonds. The van der Waals surface area contributed by atoms with Gasteiger partial charge in [-0.25, -0.2) is 0 Å². The molecular weight excluding hydrogens is 300 g/mol. The fraction of sp³-hybridized carbons (Fsp3) is 0.462. The molecule has 1 aromatic carbocycles. The van der Waals surface area contributed by atoms with Gasteiger partial charge in [-0.2, -0.15) is 0 Å². The summed E-state index contributed by atoms with van der Waals surface area (Å²) in [5.41, 5.74) is 0.651. The standard InChI is InChI=1S/C13H17BrO4/c1-16-6-7-17-8-9-18-10-13(15)11-2-4-12(14)5-3-11/h2-5H,6-10H2,1H3. The van der Waals surface area contributed by atoms with Gasteiger partial charge in [-0.3, -0.25) is 4.79 Å². The number of hydrogen-bond acceptors (Lipinski definition) is 4. The number of rotatable bonds is 9. The first-order chi connectivity index (χ1) is 8.74. The average Bonchev–Trinajstić information content (AvgIpc) is 2.38. The number of Topliss-reactive ketones (excluding diaryl/α,β-unsaturated/α-hetero) is 1. The van der Waals surface area contributed by atoms with Crippen molar-refractivity contribution in [1.29, 1.82) is 0 Å². The van der Waals surface area contributed by atoms with E-state index >= 15 is 0 Å². The molecule has 0 bridgehead atoms. The Bertz CT molecular complexity index is 351. The van der Waals surface area contributed by atoms with Crippen LogP contribution in [0.2, 0.25) is 0 Å². The van der Waals surface area contributed by atoms with Crippen molar-refractivity contribution < 1.29 is 19.0 Å². The Morgan fingerprint density at radius 1 is 1.06 bits per heavy atom. The molecule has 0 heterocycles. The van der Waals surface area contributed by atoms with Gasteiger partial charge >= 0.3 is 0 Å². The molecular formula is C13H17BrO4. The van der Waals surface area contributed by atoms with E-state index in [1.165, 1.54) is 0 Å². The minimum absolute atomic E-state index is 0.0283. The third kappa shape index (κ3) is 6.26. The second-order valence-corrected chi connectivity index (χ2v) is 4.50. The van der Waals surface area contributed by atoms with Crippen LogP contribution in [0.15, 0.2) is 28.7 Å². The maximum Gasteiger partial charge on any atom is 0.188 e. The summed E-state index contributed by atoms with van der Waals surface area (Å²) in [6.07, 6.45) is 0. The fourth-order valence-electron chi connectivity index (χ4n) is 1.25. The minimum Gasteiger partial charge on any atom is -0.382 e. The first kappa shape index (κ1) is 15.3. The van der Waals surface area contributed by atoms with Gasteiger partial charge in [-0.1, -0.05) is 28.1 Å². The highest BCUT2D eigenvalue weighted by atomic mass is 79.9. The van der Waals surface area contributed by atoms with Crippen molar-refractivity contribution in [3.8, 4) is 0 Å². The lowest BCUT2D eigenvalue weighted by Gasteiger charge is -2.05. The van der Waals surface area contributed by atoms with Crippen molar-refractivity contribution in [3.05, 3.63) is 34.3 Å². The van der Waals surface area contributed by atoms with E-state index in [9.17, 15) is 4.79 Å². The zero-order valence-electron chi connectivity index (χ0n) is 10.4. The van der Waals surface area contributed by atoms with Crippen molar-refractivity contribution >= 4 is 21.7 Å². The summed E-state index contributed by atoms with van der Waals surface area (Å²) in [6.45, 7) is 2.07. The van der Waals surface area contributed by atoms with Crippen molar-refractivity contribution in [3.63, 3.8) is 0 Å².